The van der Waals surface area contributed by atoms with Crippen molar-refractivity contribution in [1.82, 2.24) is 10.2 Å². The first-order valence-corrected chi connectivity index (χ1v) is 4.64. The quantitative estimate of drug-likeness (QED) is 0.459. The molecule has 14 heavy (non-hydrogen) atoms. The summed E-state index contributed by atoms with van der Waals surface area (Å²) in [6.45, 7) is 6.58. The zero-order valence-corrected chi connectivity index (χ0v) is 9.35. The number of hydrogen-bond donors (Lipinski definition) is 3. The van der Waals surface area contributed by atoms with Crippen LogP contribution in [0.5, 0.6) is 0 Å². The van der Waals surface area contributed by atoms with Gasteiger partial charge in [0.05, 0.1) is 5.84 Å². The van der Waals surface area contributed by atoms with E-state index in [-0.39, 0.29) is 11.9 Å². The largest absolute Gasteiger partial charge is 0.387 e. The van der Waals surface area contributed by atoms with Gasteiger partial charge in [-0.15, -0.1) is 0 Å². The normalized spacial score (nSPS) is 10.9. The third-order valence-electron chi connectivity index (χ3n) is 2.23. The van der Waals surface area contributed by atoms with Gasteiger partial charge in [-0.05, 0) is 6.92 Å². The fraction of sp³-hybridized carbons (Fsp3) is 0.778. The number of amidine groups is 1. The summed E-state index contributed by atoms with van der Waals surface area (Å²) in [6, 6.07) is -0.137. The lowest BCUT2D eigenvalue weighted by atomic mass is 9.92. The second-order valence-corrected chi connectivity index (χ2v) is 3.97. The molecule has 82 valence electrons. The highest BCUT2D eigenvalue weighted by molar-refractivity contribution is 5.84. The molecule has 0 saturated carbocycles. The lowest BCUT2D eigenvalue weighted by Crippen LogP contribution is -2.45. The van der Waals surface area contributed by atoms with Crippen LogP contribution in [-0.4, -0.2) is 36.9 Å². The van der Waals surface area contributed by atoms with Crippen molar-refractivity contribution in [2.75, 3.05) is 20.1 Å². The number of nitrogens with zero attached hydrogens (tertiary/aromatic N) is 1. The van der Waals surface area contributed by atoms with E-state index >= 15 is 0 Å². The predicted molar refractivity (Wildman–Crippen MR) is 57.4 cm³/mol. The summed E-state index contributed by atoms with van der Waals surface area (Å²) in [5, 5.41) is 10.0. The van der Waals surface area contributed by atoms with Gasteiger partial charge in [-0.25, -0.2) is 4.79 Å². The first-order valence-electron chi connectivity index (χ1n) is 4.64. The van der Waals surface area contributed by atoms with Crippen LogP contribution in [0.15, 0.2) is 0 Å². The molecular weight excluding hydrogens is 180 g/mol. The molecule has 0 aliphatic heterocycles. The van der Waals surface area contributed by atoms with E-state index in [0.717, 1.165) is 0 Å². The number of carbonyl (C=O) groups excluding carboxylic acids is 1. The van der Waals surface area contributed by atoms with Crippen LogP contribution < -0.4 is 11.1 Å². The average Bonchev–Trinajstić information content (AvgIpc) is 2.12. The molecule has 0 aliphatic rings. The van der Waals surface area contributed by atoms with Crippen LogP contribution in [0.2, 0.25) is 0 Å². The molecule has 0 aliphatic carbocycles. The van der Waals surface area contributed by atoms with Crippen molar-refractivity contribution in [3.05, 3.63) is 0 Å². The van der Waals surface area contributed by atoms with Gasteiger partial charge in [-0.3, -0.25) is 5.41 Å². The minimum absolute atomic E-state index is 0.0805. The maximum atomic E-state index is 11.3. The molecule has 0 bridgehead atoms. The Morgan fingerprint density at radius 2 is 2.07 bits per heavy atom. The highest BCUT2D eigenvalue weighted by Gasteiger charge is 2.22. The Kier molecular flexibility index (Phi) is 4.40. The third kappa shape index (κ3) is 3.64. The standard InChI is InChI=1S/C9H20N4O/c1-5-13(4)8(14)12-6-9(2,3)7(10)11/h5-6H2,1-4H3,(H3,10,11)(H,12,14). The predicted octanol–water partition coefficient (Wildman–Crippen LogP) is 0.610. The molecule has 0 unspecified atom stereocenters. The van der Waals surface area contributed by atoms with Gasteiger partial charge in [0.1, 0.15) is 0 Å². The first kappa shape index (κ1) is 12.7. The molecule has 0 aromatic carbocycles. The molecule has 0 aromatic heterocycles. The number of urea groups is 1. The van der Waals surface area contributed by atoms with E-state index < -0.39 is 5.41 Å². The number of nitrogens with one attached hydrogen (secondary N) is 2. The van der Waals surface area contributed by atoms with E-state index in [1.807, 2.05) is 20.8 Å². The molecule has 5 heteroatoms. The van der Waals surface area contributed by atoms with E-state index in [9.17, 15) is 4.79 Å². The number of carbonyl (C=O) groups is 1. The SMILES string of the molecule is CCN(C)C(=O)NCC(C)(C)C(=N)N. The first-order chi connectivity index (χ1) is 6.31. The summed E-state index contributed by atoms with van der Waals surface area (Å²) >= 11 is 0. The molecule has 0 rings (SSSR count). The Labute approximate surface area is 85.2 Å². The van der Waals surface area contributed by atoms with Gasteiger partial charge in [0.25, 0.3) is 0 Å². The highest BCUT2D eigenvalue weighted by atomic mass is 16.2. The Balaban J connectivity index is 4.06. The summed E-state index contributed by atoms with van der Waals surface area (Å²) in [4.78, 5) is 12.9. The van der Waals surface area contributed by atoms with Gasteiger partial charge in [0.15, 0.2) is 0 Å². The number of hydrogen-bond acceptors (Lipinski definition) is 2. The van der Waals surface area contributed by atoms with Crippen LogP contribution in [0.4, 0.5) is 4.79 Å². The van der Waals surface area contributed by atoms with E-state index in [2.05, 4.69) is 5.32 Å². The van der Waals surface area contributed by atoms with Gasteiger partial charge >= 0.3 is 6.03 Å². The van der Waals surface area contributed by atoms with Gasteiger partial charge in [0, 0.05) is 25.6 Å². The lowest BCUT2D eigenvalue weighted by Gasteiger charge is -2.25. The number of rotatable bonds is 4. The van der Waals surface area contributed by atoms with E-state index in [1.165, 1.54) is 0 Å². The zero-order valence-electron chi connectivity index (χ0n) is 9.35. The van der Waals surface area contributed by atoms with Gasteiger partial charge < -0.3 is 16.0 Å². The molecule has 0 heterocycles. The van der Waals surface area contributed by atoms with Crippen LogP contribution in [0, 0.1) is 10.8 Å². The van der Waals surface area contributed by atoms with E-state index in [0.29, 0.717) is 13.1 Å². The van der Waals surface area contributed by atoms with Crippen molar-refractivity contribution in [3.63, 3.8) is 0 Å². The van der Waals surface area contributed by atoms with E-state index in [4.69, 9.17) is 11.1 Å². The number of amides is 2. The van der Waals surface area contributed by atoms with Crippen molar-refractivity contribution in [1.29, 1.82) is 5.41 Å². The van der Waals surface area contributed by atoms with Gasteiger partial charge in [0.2, 0.25) is 0 Å². The molecule has 0 atom stereocenters. The summed E-state index contributed by atoms with van der Waals surface area (Å²) in [6.07, 6.45) is 0. The van der Waals surface area contributed by atoms with Crippen molar-refractivity contribution >= 4 is 11.9 Å². The van der Waals surface area contributed by atoms with Gasteiger partial charge in [-0.2, -0.15) is 0 Å². The smallest absolute Gasteiger partial charge is 0.317 e. The summed E-state index contributed by atoms with van der Waals surface area (Å²) in [5.74, 6) is 0.0805. The maximum Gasteiger partial charge on any atom is 0.317 e. The molecule has 0 aromatic rings. The lowest BCUT2D eigenvalue weighted by molar-refractivity contribution is 0.208. The van der Waals surface area contributed by atoms with Crippen molar-refractivity contribution in [2.45, 2.75) is 20.8 Å². The second-order valence-electron chi connectivity index (χ2n) is 3.97. The fourth-order valence-electron chi connectivity index (χ4n) is 0.670. The van der Waals surface area contributed by atoms with Crippen LogP contribution in [0.25, 0.3) is 0 Å². The van der Waals surface area contributed by atoms with E-state index in [1.54, 1.807) is 11.9 Å². The zero-order chi connectivity index (χ0) is 11.4. The second kappa shape index (κ2) is 4.83. The Hall–Kier alpha value is -1.26. The summed E-state index contributed by atoms with van der Waals surface area (Å²) < 4.78 is 0. The third-order valence-corrected chi connectivity index (χ3v) is 2.23. The molecule has 0 saturated heterocycles. The molecule has 2 amide bonds. The molecule has 4 N–H and O–H groups in total. The van der Waals surface area contributed by atoms with Crippen molar-refractivity contribution in [2.24, 2.45) is 11.1 Å². The Bertz CT molecular complexity index is 225. The van der Waals surface area contributed by atoms with Crippen LogP contribution >= 0.6 is 0 Å². The van der Waals surface area contributed by atoms with Crippen LogP contribution in [0.1, 0.15) is 20.8 Å². The number of nitrogens with two attached hydrogens (primary N) is 1. The Morgan fingerprint density at radius 3 is 2.43 bits per heavy atom. The average molecular weight is 200 g/mol. The van der Waals surface area contributed by atoms with Crippen LogP contribution in [-0.2, 0) is 0 Å². The van der Waals surface area contributed by atoms with Crippen LogP contribution in [0.3, 0.4) is 0 Å². The van der Waals surface area contributed by atoms with Gasteiger partial charge in [-0.1, -0.05) is 13.8 Å². The molecule has 0 fully saturated rings. The molecular formula is C9H20N4O. The van der Waals surface area contributed by atoms with Crippen molar-refractivity contribution in [3.8, 4) is 0 Å². The minimum Gasteiger partial charge on any atom is -0.387 e. The highest BCUT2D eigenvalue weighted by Crippen LogP contribution is 2.12. The molecule has 0 spiro atoms. The minimum atomic E-state index is -0.482. The summed E-state index contributed by atoms with van der Waals surface area (Å²) in [7, 11) is 1.72. The topological polar surface area (TPSA) is 82.2 Å². The molecule has 0 radical (unpaired) electrons. The monoisotopic (exact) mass is 200 g/mol. The fourth-order valence-corrected chi connectivity index (χ4v) is 0.670. The maximum absolute atomic E-state index is 11.3. The molecule has 5 nitrogen and oxygen atoms in total. The summed E-state index contributed by atoms with van der Waals surface area (Å²) in [5.41, 5.74) is 4.90. The van der Waals surface area contributed by atoms with Crippen molar-refractivity contribution < 1.29 is 4.79 Å². The Morgan fingerprint density at radius 1 is 1.57 bits per heavy atom.